The Morgan fingerprint density at radius 2 is 0.756 bits per heavy atom. The van der Waals surface area contributed by atoms with Crippen LogP contribution in [0, 0.1) is 0 Å². The van der Waals surface area contributed by atoms with E-state index in [2.05, 4.69) is 175 Å². The molecule has 1 heteroatoms. The molecule has 0 bridgehead atoms. The van der Waals surface area contributed by atoms with Gasteiger partial charge in [-0.05, 0) is 85.6 Å². The topological polar surface area (TPSA) is 12.0 Å². The van der Waals surface area contributed by atoms with Gasteiger partial charge in [0, 0.05) is 11.4 Å². The van der Waals surface area contributed by atoms with E-state index in [0.29, 0.717) is 0 Å². The van der Waals surface area contributed by atoms with E-state index in [0.717, 1.165) is 11.4 Å². The van der Waals surface area contributed by atoms with E-state index in [4.69, 9.17) is 0 Å². The molecular formula is C40H29N. The molecule has 1 N–H and O–H groups in total. The lowest BCUT2D eigenvalue weighted by atomic mass is 9.93. The fraction of sp³-hybridized carbons (Fsp3) is 0. The molecule has 1 nitrogen and oxygen atoms in total. The SMILES string of the molecule is c1ccc(-c2ccc(-c3cc(Nc4ccc(-c5ccc6ccccc6c5)cc4)ccc3-c3ccccc3)cc2)cc1. The summed E-state index contributed by atoms with van der Waals surface area (Å²) in [6, 6.07) is 60.5. The summed E-state index contributed by atoms with van der Waals surface area (Å²) in [4.78, 5) is 0. The van der Waals surface area contributed by atoms with E-state index in [1.165, 1.54) is 55.3 Å². The van der Waals surface area contributed by atoms with E-state index >= 15 is 0 Å². The zero-order chi connectivity index (χ0) is 27.4. The van der Waals surface area contributed by atoms with Gasteiger partial charge in [0.1, 0.15) is 0 Å². The van der Waals surface area contributed by atoms with Crippen molar-refractivity contribution in [3.05, 3.63) is 170 Å². The highest BCUT2D eigenvalue weighted by Crippen LogP contribution is 2.36. The molecule has 7 aromatic rings. The average Bonchev–Trinajstić information content (AvgIpc) is 3.06. The van der Waals surface area contributed by atoms with Crippen LogP contribution in [-0.2, 0) is 0 Å². The first-order valence-corrected chi connectivity index (χ1v) is 14.0. The zero-order valence-corrected chi connectivity index (χ0v) is 22.7. The third-order valence-corrected chi connectivity index (χ3v) is 7.66. The molecule has 0 aromatic heterocycles. The largest absolute Gasteiger partial charge is 0.356 e. The third kappa shape index (κ3) is 5.26. The highest BCUT2D eigenvalue weighted by Gasteiger charge is 2.10. The van der Waals surface area contributed by atoms with Gasteiger partial charge in [-0.1, -0.05) is 140 Å². The fourth-order valence-corrected chi connectivity index (χ4v) is 5.48. The second-order valence-electron chi connectivity index (χ2n) is 10.3. The van der Waals surface area contributed by atoms with E-state index in [1.54, 1.807) is 0 Å². The van der Waals surface area contributed by atoms with Crippen molar-refractivity contribution in [3.63, 3.8) is 0 Å². The Kier molecular flexibility index (Phi) is 6.61. The van der Waals surface area contributed by atoms with Crippen LogP contribution < -0.4 is 5.32 Å². The Bertz CT molecular complexity index is 1920. The molecule has 0 aliphatic carbocycles. The molecule has 0 saturated carbocycles. The van der Waals surface area contributed by atoms with Crippen LogP contribution in [0.1, 0.15) is 0 Å². The van der Waals surface area contributed by atoms with E-state index in [-0.39, 0.29) is 0 Å². The number of fused-ring (bicyclic) bond motifs is 1. The van der Waals surface area contributed by atoms with Gasteiger partial charge >= 0.3 is 0 Å². The molecule has 0 aliphatic rings. The summed E-state index contributed by atoms with van der Waals surface area (Å²) in [6.45, 7) is 0. The van der Waals surface area contributed by atoms with Gasteiger partial charge in [0.05, 0.1) is 0 Å². The van der Waals surface area contributed by atoms with Crippen LogP contribution in [0.3, 0.4) is 0 Å². The van der Waals surface area contributed by atoms with Crippen molar-refractivity contribution in [2.45, 2.75) is 0 Å². The number of anilines is 2. The molecule has 0 radical (unpaired) electrons. The molecule has 0 spiro atoms. The third-order valence-electron chi connectivity index (χ3n) is 7.66. The molecule has 0 heterocycles. The highest BCUT2D eigenvalue weighted by molar-refractivity contribution is 5.89. The average molecular weight is 524 g/mol. The highest BCUT2D eigenvalue weighted by atomic mass is 14.9. The molecule has 0 fully saturated rings. The second-order valence-corrected chi connectivity index (χ2v) is 10.3. The minimum Gasteiger partial charge on any atom is -0.356 e. The Hall–Kier alpha value is -5.40. The first-order chi connectivity index (χ1) is 20.3. The first-order valence-electron chi connectivity index (χ1n) is 14.0. The first kappa shape index (κ1) is 24.6. The summed E-state index contributed by atoms with van der Waals surface area (Å²) < 4.78 is 0. The molecule has 7 aromatic carbocycles. The molecule has 0 saturated heterocycles. The molecule has 0 unspecified atom stereocenters. The number of hydrogen-bond donors (Lipinski definition) is 1. The summed E-state index contributed by atoms with van der Waals surface area (Å²) in [5, 5.41) is 6.16. The van der Waals surface area contributed by atoms with Crippen molar-refractivity contribution in [3.8, 4) is 44.5 Å². The van der Waals surface area contributed by atoms with Crippen molar-refractivity contribution in [2.24, 2.45) is 0 Å². The normalized spacial score (nSPS) is 10.9. The number of rotatable bonds is 6. The smallest absolute Gasteiger partial charge is 0.0390 e. The summed E-state index contributed by atoms with van der Waals surface area (Å²) >= 11 is 0. The van der Waals surface area contributed by atoms with Gasteiger partial charge in [-0.2, -0.15) is 0 Å². The number of hydrogen-bond acceptors (Lipinski definition) is 1. The van der Waals surface area contributed by atoms with Gasteiger partial charge in [-0.25, -0.2) is 0 Å². The molecule has 7 rings (SSSR count). The van der Waals surface area contributed by atoms with E-state index in [1.807, 2.05) is 0 Å². The fourth-order valence-electron chi connectivity index (χ4n) is 5.48. The van der Waals surface area contributed by atoms with Crippen LogP contribution in [0.15, 0.2) is 170 Å². The van der Waals surface area contributed by atoms with Gasteiger partial charge in [0.15, 0.2) is 0 Å². The van der Waals surface area contributed by atoms with Crippen LogP contribution in [0.25, 0.3) is 55.3 Å². The molecule has 41 heavy (non-hydrogen) atoms. The summed E-state index contributed by atoms with van der Waals surface area (Å²) in [7, 11) is 0. The number of benzene rings is 7. The van der Waals surface area contributed by atoms with Gasteiger partial charge in [-0.3, -0.25) is 0 Å². The maximum Gasteiger partial charge on any atom is 0.0390 e. The zero-order valence-electron chi connectivity index (χ0n) is 22.7. The van der Waals surface area contributed by atoms with Crippen LogP contribution in [0.2, 0.25) is 0 Å². The lowest BCUT2D eigenvalue weighted by Crippen LogP contribution is -1.93. The van der Waals surface area contributed by atoms with E-state index < -0.39 is 0 Å². The summed E-state index contributed by atoms with van der Waals surface area (Å²) in [6.07, 6.45) is 0. The predicted molar refractivity (Wildman–Crippen MR) is 175 cm³/mol. The molecule has 0 amide bonds. The van der Waals surface area contributed by atoms with E-state index in [9.17, 15) is 0 Å². The van der Waals surface area contributed by atoms with Gasteiger partial charge in [0.25, 0.3) is 0 Å². The number of nitrogens with one attached hydrogen (secondary N) is 1. The lowest BCUT2D eigenvalue weighted by molar-refractivity contribution is 1.52. The van der Waals surface area contributed by atoms with Crippen LogP contribution in [-0.4, -0.2) is 0 Å². The van der Waals surface area contributed by atoms with Crippen LogP contribution in [0.4, 0.5) is 11.4 Å². The van der Waals surface area contributed by atoms with Crippen LogP contribution in [0.5, 0.6) is 0 Å². The summed E-state index contributed by atoms with van der Waals surface area (Å²) in [5.74, 6) is 0. The Morgan fingerprint density at radius 1 is 0.268 bits per heavy atom. The Balaban J connectivity index is 1.19. The monoisotopic (exact) mass is 523 g/mol. The van der Waals surface area contributed by atoms with Crippen molar-refractivity contribution in [1.82, 2.24) is 0 Å². The molecular weight excluding hydrogens is 494 g/mol. The molecule has 0 atom stereocenters. The maximum absolute atomic E-state index is 3.64. The minimum absolute atomic E-state index is 1.06. The molecule has 194 valence electrons. The standard InChI is InChI=1S/C40H29N/c1-3-9-29(10-4-1)31-15-18-34(19-16-31)40-28-38(25-26-39(40)33-12-5-2-6-13-33)41-37-23-21-32(22-24-37)36-20-17-30-11-7-8-14-35(30)27-36/h1-28,41H. The van der Waals surface area contributed by atoms with Gasteiger partial charge in [0.2, 0.25) is 0 Å². The Labute approximate surface area is 241 Å². The minimum atomic E-state index is 1.06. The van der Waals surface area contributed by atoms with Crippen molar-refractivity contribution in [1.29, 1.82) is 0 Å². The van der Waals surface area contributed by atoms with Crippen molar-refractivity contribution < 1.29 is 0 Å². The second kappa shape index (κ2) is 11.0. The predicted octanol–water partition coefficient (Wildman–Crippen LogP) is 11.3. The van der Waals surface area contributed by atoms with Crippen LogP contribution >= 0.6 is 0 Å². The maximum atomic E-state index is 3.64. The Morgan fingerprint density at radius 3 is 1.49 bits per heavy atom. The summed E-state index contributed by atoms with van der Waals surface area (Å²) in [5.41, 5.74) is 11.8. The van der Waals surface area contributed by atoms with Gasteiger partial charge in [-0.15, -0.1) is 0 Å². The lowest BCUT2D eigenvalue weighted by Gasteiger charge is -2.15. The quantitative estimate of drug-likeness (QED) is 0.229. The molecule has 0 aliphatic heterocycles. The van der Waals surface area contributed by atoms with Crippen molar-refractivity contribution in [2.75, 3.05) is 5.32 Å². The van der Waals surface area contributed by atoms with Gasteiger partial charge < -0.3 is 5.32 Å². The van der Waals surface area contributed by atoms with Crippen molar-refractivity contribution >= 4 is 22.1 Å².